The largest absolute Gasteiger partial charge is 0.486 e. The Morgan fingerprint density at radius 3 is 2.61 bits per heavy atom. The third kappa shape index (κ3) is 5.30. The molecule has 0 aliphatic heterocycles. The molecule has 0 heterocycles. The Kier molecular flexibility index (Phi) is 6.55. The maximum atomic E-state index is 5.96. The molecule has 0 bridgehead atoms. The van der Waals surface area contributed by atoms with E-state index in [1.807, 2.05) is 19.9 Å². The summed E-state index contributed by atoms with van der Waals surface area (Å²) in [5.41, 5.74) is 6.75. The summed E-state index contributed by atoms with van der Waals surface area (Å²) in [6, 6.07) is 5.29. The Hall–Kier alpha value is -0.700. The second-order valence-corrected chi connectivity index (χ2v) is 5.22. The van der Waals surface area contributed by atoms with Gasteiger partial charge in [0.25, 0.3) is 0 Å². The average molecular weight is 288 g/mol. The van der Waals surface area contributed by atoms with Crippen molar-refractivity contribution in [2.24, 2.45) is 5.73 Å². The lowest BCUT2D eigenvalue weighted by molar-refractivity contribution is 0.235. The molecule has 2 N–H and O–H groups in total. The highest BCUT2D eigenvalue weighted by Crippen LogP contribution is 2.27. The standard InChI is InChI=1S/C14H19Cl2NO/c1-10(2)8-11(4-3-7-17)18-12-5-6-13(15)14(16)9-12/h5-6,8-9,11H,3-4,7,17H2,1-2H3. The van der Waals surface area contributed by atoms with Crippen molar-refractivity contribution in [3.8, 4) is 5.75 Å². The van der Waals surface area contributed by atoms with Gasteiger partial charge in [0.2, 0.25) is 0 Å². The highest BCUT2D eigenvalue weighted by Gasteiger charge is 2.08. The van der Waals surface area contributed by atoms with Crippen LogP contribution in [0.1, 0.15) is 26.7 Å². The zero-order valence-electron chi connectivity index (χ0n) is 10.7. The van der Waals surface area contributed by atoms with Crippen LogP contribution in [0.15, 0.2) is 29.8 Å². The van der Waals surface area contributed by atoms with Crippen molar-refractivity contribution in [3.63, 3.8) is 0 Å². The summed E-state index contributed by atoms with van der Waals surface area (Å²) in [4.78, 5) is 0. The van der Waals surface area contributed by atoms with Gasteiger partial charge in [-0.1, -0.05) is 28.8 Å². The molecule has 0 saturated heterocycles. The lowest BCUT2D eigenvalue weighted by atomic mass is 10.1. The zero-order chi connectivity index (χ0) is 13.5. The van der Waals surface area contributed by atoms with E-state index in [1.54, 1.807) is 12.1 Å². The first kappa shape index (κ1) is 15.4. The van der Waals surface area contributed by atoms with Crippen LogP contribution < -0.4 is 10.5 Å². The number of hydrogen-bond acceptors (Lipinski definition) is 2. The van der Waals surface area contributed by atoms with Crippen LogP contribution >= 0.6 is 23.2 Å². The first-order chi connectivity index (χ1) is 8.52. The number of rotatable bonds is 6. The topological polar surface area (TPSA) is 35.2 Å². The third-order valence-corrected chi connectivity index (χ3v) is 3.13. The molecule has 0 radical (unpaired) electrons. The molecule has 1 atom stereocenters. The van der Waals surface area contributed by atoms with Gasteiger partial charge in [0.1, 0.15) is 11.9 Å². The quantitative estimate of drug-likeness (QED) is 0.785. The predicted molar refractivity (Wildman–Crippen MR) is 78.6 cm³/mol. The van der Waals surface area contributed by atoms with Gasteiger partial charge in [0.05, 0.1) is 10.0 Å². The number of nitrogens with two attached hydrogens (primary N) is 1. The molecule has 0 saturated carbocycles. The summed E-state index contributed by atoms with van der Waals surface area (Å²) < 4.78 is 5.89. The molecule has 1 rings (SSSR count). The normalized spacial score (nSPS) is 12.1. The Bertz CT molecular complexity index is 414. The predicted octanol–water partition coefficient (Wildman–Crippen LogP) is 4.45. The molecule has 4 heteroatoms. The van der Waals surface area contributed by atoms with Gasteiger partial charge in [-0.3, -0.25) is 0 Å². The SMILES string of the molecule is CC(C)=CC(CCCN)Oc1ccc(Cl)c(Cl)c1. The molecule has 0 spiro atoms. The first-order valence-corrected chi connectivity index (χ1v) is 6.75. The Balaban J connectivity index is 2.75. The van der Waals surface area contributed by atoms with E-state index < -0.39 is 0 Å². The van der Waals surface area contributed by atoms with Crippen molar-refractivity contribution >= 4 is 23.2 Å². The van der Waals surface area contributed by atoms with Gasteiger partial charge in [0.15, 0.2) is 0 Å². The van der Waals surface area contributed by atoms with Gasteiger partial charge in [-0.25, -0.2) is 0 Å². The Morgan fingerprint density at radius 1 is 1.33 bits per heavy atom. The van der Waals surface area contributed by atoms with Crippen LogP contribution in [0.3, 0.4) is 0 Å². The van der Waals surface area contributed by atoms with E-state index in [-0.39, 0.29) is 6.10 Å². The van der Waals surface area contributed by atoms with Crippen LogP contribution in [0.4, 0.5) is 0 Å². The molecule has 0 aromatic heterocycles. The van der Waals surface area contributed by atoms with E-state index in [9.17, 15) is 0 Å². The zero-order valence-corrected chi connectivity index (χ0v) is 12.3. The van der Waals surface area contributed by atoms with Crippen molar-refractivity contribution in [1.82, 2.24) is 0 Å². The summed E-state index contributed by atoms with van der Waals surface area (Å²) in [5.74, 6) is 0.726. The second-order valence-electron chi connectivity index (χ2n) is 4.41. The van der Waals surface area contributed by atoms with Crippen molar-refractivity contribution in [2.45, 2.75) is 32.8 Å². The van der Waals surface area contributed by atoms with Crippen LogP contribution in [0.25, 0.3) is 0 Å². The molecule has 0 fully saturated rings. The lowest BCUT2D eigenvalue weighted by Gasteiger charge is -2.16. The van der Waals surface area contributed by atoms with Crippen molar-refractivity contribution in [2.75, 3.05) is 6.54 Å². The highest BCUT2D eigenvalue weighted by atomic mass is 35.5. The van der Waals surface area contributed by atoms with E-state index in [4.69, 9.17) is 33.7 Å². The molecule has 0 amide bonds. The first-order valence-electron chi connectivity index (χ1n) is 5.99. The minimum atomic E-state index is 0.0239. The van der Waals surface area contributed by atoms with E-state index in [0.717, 1.165) is 18.6 Å². The molecule has 0 aliphatic carbocycles. The lowest BCUT2D eigenvalue weighted by Crippen LogP contribution is -2.16. The van der Waals surface area contributed by atoms with Crippen molar-refractivity contribution < 1.29 is 4.74 Å². The molecule has 0 aliphatic rings. The van der Waals surface area contributed by atoms with E-state index in [1.165, 1.54) is 5.57 Å². The van der Waals surface area contributed by atoms with Gasteiger partial charge in [-0.2, -0.15) is 0 Å². The van der Waals surface area contributed by atoms with Gasteiger partial charge in [-0.05, 0) is 51.4 Å². The maximum absolute atomic E-state index is 5.96. The number of halogens is 2. The summed E-state index contributed by atoms with van der Waals surface area (Å²) >= 11 is 11.8. The highest BCUT2D eigenvalue weighted by molar-refractivity contribution is 6.42. The molecule has 1 aromatic rings. The minimum absolute atomic E-state index is 0.0239. The fourth-order valence-electron chi connectivity index (χ4n) is 1.59. The van der Waals surface area contributed by atoms with E-state index in [0.29, 0.717) is 16.6 Å². The molecule has 1 aromatic carbocycles. The van der Waals surface area contributed by atoms with Gasteiger partial charge in [-0.15, -0.1) is 0 Å². The van der Waals surface area contributed by atoms with Crippen LogP contribution in [0.5, 0.6) is 5.75 Å². The number of allylic oxidation sites excluding steroid dienone is 1. The van der Waals surface area contributed by atoms with Crippen LogP contribution in [0.2, 0.25) is 10.0 Å². The summed E-state index contributed by atoms with van der Waals surface area (Å²) in [7, 11) is 0. The molecule has 1 unspecified atom stereocenters. The molecule has 100 valence electrons. The van der Waals surface area contributed by atoms with E-state index in [2.05, 4.69) is 6.08 Å². The second kappa shape index (κ2) is 7.67. The Morgan fingerprint density at radius 2 is 2.06 bits per heavy atom. The third-order valence-electron chi connectivity index (χ3n) is 2.39. The van der Waals surface area contributed by atoms with Gasteiger partial charge < -0.3 is 10.5 Å². The summed E-state index contributed by atoms with van der Waals surface area (Å²) in [5, 5.41) is 1.04. The van der Waals surface area contributed by atoms with Gasteiger partial charge in [0, 0.05) is 6.07 Å². The number of benzene rings is 1. The molecule has 18 heavy (non-hydrogen) atoms. The number of hydrogen-bond donors (Lipinski definition) is 1. The molecular weight excluding hydrogens is 269 g/mol. The minimum Gasteiger partial charge on any atom is -0.486 e. The maximum Gasteiger partial charge on any atom is 0.121 e. The van der Waals surface area contributed by atoms with Crippen LogP contribution in [0, 0.1) is 0 Å². The average Bonchev–Trinajstić information content (AvgIpc) is 2.30. The molecular formula is C14H19Cl2NO. The monoisotopic (exact) mass is 287 g/mol. The van der Waals surface area contributed by atoms with Gasteiger partial charge >= 0.3 is 0 Å². The molecule has 2 nitrogen and oxygen atoms in total. The summed E-state index contributed by atoms with van der Waals surface area (Å²) in [6.07, 6.45) is 3.94. The van der Waals surface area contributed by atoms with E-state index >= 15 is 0 Å². The Labute approximate surface area is 119 Å². The fraction of sp³-hybridized carbons (Fsp3) is 0.429. The van der Waals surface area contributed by atoms with Crippen LogP contribution in [-0.4, -0.2) is 12.6 Å². The van der Waals surface area contributed by atoms with Crippen molar-refractivity contribution in [1.29, 1.82) is 0 Å². The number of ether oxygens (including phenoxy) is 1. The fourth-order valence-corrected chi connectivity index (χ4v) is 1.88. The smallest absolute Gasteiger partial charge is 0.121 e. The van der Waals surface area contributed by atoms with Crippen LogP contribution in [-0.2, 0) is 0 Å². The summed E-state index contributed by atoms with van der Waals surface area (Å²) in [6.45, 7) is 4.76. The van der Waals surface area contributed by atoms with Crippen molar-refractivity contribution in [3.05, 3.63) is 39.9 Å².